The summed E-state index contributed by atoms with van der Waals surface area (Å²) in [6.07, 6.45) is 0.473. The van der Waals surface area contributed by atoms with Crippen LogP contribution in [-0.4, -0.2) is 64.7 Å². The van der Waals surface area contributed by atoms with Gasteiger partial charge in [-0.25, -0.2) is 4.79 Å². The summed E-state index contributed by atoms with van der Waals surface area (Å²) in [6.45, 7) is 8.13. The van der Waals surface area contributed by atoms with E-state index in [9.17, 15) is 15.0 Å². The molecule has 3 N–H and O–H groups in total. The van der Waals surface area contributed by atoms with E-state index < -0.39 is 11.1 Å². The Bertz CT molecular complexity index is 310. The van der Waals surface area contributed by atoms with Crippen molar-refractivity contribution in [3.63, 3.8) is 0 Å². The van der Waals surface area contributed by atoms with Crippen molar-refractivity contribution in [3.8, 4) is 0 Å². The number of nitrogens with zero attached hydrogens (tertiary/aromatic N) is 1. The van der Waals surface area contributed by atoms with Gasteiger partial charge in [0.1, 0.15) is 5.60 Å². The summed E-state index contributed by atoms with van der Waals surface area (Å²) in [5, 5.41) is 21.7. The average Bonchev–Trinajstić information content (AvgIpc) is 2.75. The molecule has 1 unspecified atom stereocenters. The van der Waals surface area contributed by atoms with Crippen molar-refractivity contribution in [2.24, 2.45) is 0 Å². The summed E-state index contributed by atoms with van der Waals surface area (Å²) in [6, 6.07) is 0.0665. The SMILES string of the molecule is CC(CO)(CO)NC1CCN(C(=O)OC(C)(C)C)C1. The van der Waals surface area contributed by atoms with E-state index in [4.69, 9.17) is 4.74 Å². The van der Waals surface area contributed by atoms with Gasteiger partial charge in [0.2, 0.25) is 0 Å². The molecule has 1 aliphatic rings. The van der Waals surface area contributed by atoms with Crippen LogP contribution < -0.4 is 5.32 Å². The fourth-order valence-electron chi connectivity index (χ4n) is 2.00. The van der Waals surface area contributed by atoms with Crippen LogP contribution >= 0.6 is 0 Å². The van der Waals surface area contributed by atoms with Gasteiger partial charge in [-0.2, -0.15) is 0 Å². The van der Waals surface area contributed by atoms with Crippen LogP contribution in [0.25, 0.3) is 0 Å². The minimum absolute atomic E-state index is 0.0665. The van der Waals surface area contributed by atoms with Gasteiger partial charge in [0.05, 0.1) is 18.8 Å². The summed E-state index contributed by atoms with van der Waals surface area (Å²) >= 11 is 0. The first-order chi connectivity index (χ1) is 8.69. The van der Waals surface area contributed by atoms with Crippen molar-refractivity contribution in [1.29, 1.82) is 0 Å². The van der Waals surface area contributed by atoms with Gasteiger partial charge in [0.25, 0.3) is 0 Å². The fourth-order valence-corrected chi connectivity index (χ4v) is 2.00. The van der Waals surface area contributed by atoms with Crippen LogP contribution in [-0.2, 0) is 4.74 Å². The number of nitrogens with one attached hydrogen (secondary N) is 1. The number of carbonyl (C=O) groups is 1. The second kappa shape index (κ2) is 6.07. The van der Waals surface area contributed by atoms with E-state index in [-0.39, 0.29) is 25.3 Å². The monoisotopic (exact) mass is 274 g/mol. The van der Waals surface area contributed by atoms with E-state index in [0.29, 0.717) is 13.1 Å². The summed E-state index contributed by atoms with van der Waals surface area (Å²) in [5.74, 6) is 0. The highest BCUT2D eigenvalue weighted by atomic mass is 16.6. The smallest absolute Gasteiger partial charge is 0.410 e. The Morgan fingerprint density at radius 1 is 1.32 bits per heavy atom. The molecule has 6 nitrogen and oxygen atoms in total. The summed E-state index contributed by atoms with van der Waals surface area (Å²) in [4.78, 5) is 13.5. The Labute approximate surface area is 114 Å². The third-order valence-electron chi connectivity index (χ3n) is 3.09. The Morgan fingerprint density at radius 2 is 1.89 bits per heavy atom. The Hall–Kier alpha value is -0.850. The second-order valence-electron chi connectivity index (χ2n) is 6.43. The molecule has 1 saturated heterocycles. The molecular weight excluding hydrogens is 248 g/mol. The van der Waals surface area contributed by atoms with E-state index in [2.05, 4.69) is 5.32 Å². The largest absolute Gasteiger partial charge is 0.444 e. The first kappa shape index (κ1) is 16.2. The lowest BCUT2D eigenvalue weighted by atomic mass is 10.0. The highest BCUT2D eigenvalue weighted by Gasteiger charge is 2.33. The van der Waals surface area contributed by atoms with E-state index in [1.54, 1.807) is 11.8 Å². The Balaban J connectivity index is 2.48. The van der Waals surface area contributed by atoms with Crippen LogP contribution in [0.1, 0.15) is 34.1 Å². The van der Waals surface area contributed by atoms with Crippen LogP contribution in [0, 0.1) is 0 Å². The van der Waals surface area contributed by atoms with Crippen molar-refractivity contribution in [2.45, 2.75) is 51.3 Å². The van der Waals surface area contributed by atoms with E-state index in [1.807, 2.05) is 20.8 Å². The number of ether oxygens (including phenoxy) is 1. The zero-order chi connectivity index (χ0) is 14.7. The summed E-state index contributed by atoms with van der Waals surface area (Å²) < 4.78 is 5.31. The average molecular weight is 274 g/mol. The highest BCUT2D eigenvalue weighted by molar-refractivity contribution is 5.68. The molecule has 1 aliphatic heterocycles. The molecule has 6 heteroatoms. The van der Waals surface area contributed by atoms with Gasteiger partial charge in [-0.3, -0.25) is 0 Å². The van der Waals surface area contributed by atoms with Crippen LogP contribution in [0.5, 0.6) is 0 Å². The van der Waals surface area contributed by atoms with Gasteiger partial charge in [-0.1, -0.05) is 0 Å². The maximum Gasteiger partial charge on any atom is 0.410 e. The zero-order valence-corrected chi connectivity index (χ0v) is 12.3. The molecule has 0 aliphatic carbocycles. The van der Waals surface area contributed by atoms with Crippen LogP contribution in [0.15, 0.2) is 0 Å². The topological polar surface area (TPSA) is 82.0 Å². The predicted octanol–water partition coefficient (Wildman–Crippen LogP) is 0.329. The standard InChI is InChI=1S/C13H26N2O4/c1-12(2,3)19-11(18)15-6-5-10(7-15)14-13(4,8-16)9-17/h10,14,16-17H,5-9H2,1-4H3. The number of aliphatic hydroxyl groups excluding tert-OH is 2. The number of carbonyl (C=O) groups excluding carboxylic acids is 1. The van der Waals surface area contributed by atoms with Crippen molar-refractivity contribution >= 4 is 6.09 Å². The lowest BCUT2D eigenvalue weighted by molar-refractivity contribution is 0.0285. The minimum atomic E-state index is -0.714. The van der Waals surface area contributed by atoms with Crippen molar-refractivity contribution in [2.75, 3.05) is 26.3 Å². The third-order valence-corrected chi connectivity index (χ3v) is 3.09. The summed E-state index contributed by atoms with van der Waals surface area (Å²) in [5.41, 5.74) is -1.21. The molecule has 0 aromatic rings. The molecule has 1 heterocycles. The molecule has 1 amide bonds. The molecule has 0 bridgehead atoms. The van der Waals surface area contributed by atoms with Crippen molar-refractivity contribution < 1.29 is 19.7 Å². The second-order valence-corrected chi connectivity index (χ2v) is 6.43. The van der Waals surface area contributed by atoms with Gasteiger partial charge in [-0.05, 0) is 34.1 Å². The van der Waals surface area contributed by atoms with E-state index >= 15 is 0 Å². The minimum Gasteiger partial charge on any atom is -0.444 e. The van der Waals surface area contributed by atoms with Crippen molar-refractivity contribution in [3.05, 3.63) is 0 Å². The number of hydrogen-bond acceptors (Lipinski definition) is 5. The molecule has 0 aromatic heterocycles. The quantitative estimate of drug-likeness (QED) is 0.688. The molecule has 0 aromatic carbocycles. The lowest BCUT2D eigenvalue weighted by Crippen LogP contribution is -2.54. The lowest BCUT2D eigenvalue weighted by Gasteiger charge is -2.30. The number of hydrogen-bond donors (Lipinski definition) is 3. The summed E-state index contributed by atoms with van der Waals surface area (Å²) in [7, 11) is 0. The normalized spacial score (nSPS) is 20.7. The molecule has 0 spiro atoms. The molecule has 1 fully saturated rings. The Kier molecular flexibility index (Phi) is 5.18. The molecule has 0 radical (unpaired) electrons. The van der Waals surface area contributed by atoms with Gasteiger partial charge >= 0.3 is 6.09 Å². The molecule has 1 rings (SSSR count). The molecule has 112 valence electrons. The molecule has 19 heavy (non-hydrogen) atoms. The van der Waals surface area contributed by atoms with Gasteiger partial charge < -0.3 is 25.2 Å². The maximum atomic E-state index is 11.9. The first-order valence-electron chi connectivity index (χ1n) is 6.66. The predicted molar refractivity (Wildman–Crippen MR) is 71.9 cm³/mol. The molecule has 1 atom stereocenters. The first-order valence-corrected chi connectivity index (χ1v) is 6.66. The third kappa shape index (κ3) is 4.97. The molecule has 0 saturated carbocycles. The molecular formula is C13H26N2O4. The fraction of sp³-hybridized carbons (Fsp3) is 0.923. The zero-order valence-electron chi connectivity index (χ0n) is 12.3. The van der Waals surface area contributed by atoms with Gasteiger partial charge in [0.15, 0.2) is 0 Å². The number of rotatable bonds is 4. The highest BCUT2D eigenvalue weighted by Crippen LogP contribution is 2.17. The number of aliphatic hydroxyl groups is 2. The number of likely N-dealkylation sites (tertiary alicyclic amines) is 1. The van der Waals surface area contributed by atoms with E-state index in [0.717, 1.165) is 6.42 Å². The van der Waals surface area contributed by atoms with Crippen LogP contribution in [0.3, 0.4) is 0 Å². The van der Waals surface area contributed by atoms with Gasteiger partial charge in [-0.15, -0.1) is 0 Å². The van der Waals surface area contributed by atoms with Crippen LogP contribution in [0.4, 0.5) is 4.79 Å². The Morgan fingerprint density at radius 3 is 2.37 bits per heavy atom. The van der Waals surface area contributed by atoms with E-state index in [1.165, 1.54) is 0 Å². The maximum absolute atomic E-state index is 11.9. The number of amides is 1. The van der Waals surface area contributed by atoms with Crippen LogP contribution in [0.2, 0.25) is 0 Å². The van der Waals surface area contributed by atoms with Crippen molar-refractivity contribution in [1.82, 2.24) is 10.2 Å². The van der Waals surface area contributed by atoms with Gasteiger partial charge in [0, 0.05) is 19.1 Å².